The van der Waals surface area contributed by atoms with E-state index >= 15 is 0 Å². The van der Waals surface area contributed by atoms with E-state index in [0.717, 1.165) is 0 Å². The van der Waals surface area contributed by atoms with Gasteiger partial charge in [0.1, 0.15) is 5.75 Å². The lowest BCUT2D eigenvalue weighted by atomic mass is 10.1. The van der Waals surface area contributed by atoms with Crippen molar-refractivity contribution in [2.75, 3.05) is 20.0 Å². The summed E-state index contributed by atoms with van der Waals surface area (Å²) in [6.07, 6.45) is 0. The monoisotopic (exact) mass is 287 g/mol. The van der Waals surface area contributed by atoms with Crippen molar-refractivity contribution in [3.8, 4) is 23.0 Å². The van der Waals surface area contributed by atoms with Crippen LogP contribution < -0.4 is 19.9 Å². The third-order valence-corrected chi connectivity index (χ3v) is 3.00. The first kappa shape index (κ1) is 14.7. The molecule has 110 valence electrons. The molecule has 0 radical (unpaired) electrons. The number of hydrogen-bond acceptors (Lipinski definition) is 5. The second kappa shape index (κ2) is 6.17. The van der Waals surface area contributed by atoms with Gasteiger partial charge in [0.05, 0.1) is 14.2 Å². The van der Waals surface area contributed by atoms with Gasteiger partial charge in [0.15, 0.2) is 17.3 Å². The number of nitrogen functional groups attached to an aromatic ring is 1. The standard InChI is InChI=1S/C16H17NO4/c1-10(18)12-8-7-11(9-13(12)17)21-16-14(19-2)5-4-6-15(16)20-3/h4-9H,17H2,1-3H3. The second-order valence-corrected chi connectivity index (χ2v) is 4.40. The zero-order valence-corrected chi connectivity index (χ0v) is 12.2. The molecule has 0 saturated carbocycles. The fraction of sp³-hybridized carbons (Fsp3) is 0.188. The third kappa shape index (κ3) is 3.08. The molecule has 0 atom stereocenters. The Balaban J connectivity index is 2.38. The van der Waals surface area contributed by atoms with Crippen molar-refractivity contribution in [2.45, 2.75) is 6.92 Å². The minimum absolute atomic E-state index is 0.0890. The fourth-order valence-corrected chi connectivity index (χ4v) is 1.96. The van der Waals surface area contributed by atoms with Gasteiger partial charge in [0.2, 0.25) is 5.75 Å². The zero-order valence-electron chi connectivity index (χ0n) is 12.2. The number of carbonyl (C=O) groups excluding carboxylic acids is 1. The van der Waals surface area contributed by atoms with Gasteiger partial charge >= 0.3 is 0 Å². The molecule has 2 aromatic carbocycles. The molecule has 2 N–H and O–H groups in total. The highest BCUT2D eigenvalue weighted by Crippen LogP contribution is 2.40. The molecule has 0 spiro atoms. The maximum absolute atomic E-state index is 11.4. The molecule has 0 amide bonds. The van der Waals surface area contributed by atoms with E-state index in [1.807, 2.05) is 0 Å². The number of carbonyl (C=O) groups is 1. The summed E-state index contributed by atoms with van der Waals surface area (Å²) in [6.45, 7) is 1.47. The van der Waals surface area contributed by atoms with E-state index in [4.69, 9.17) is 19.9 Å². The van der Waals surface area contributed by atoms with Gasteiger partial charge in [-0.15, -0.1) is 0 Å². The smallest absolute Gasteiger partial charge is 0.210 e. The lowest BCUT2D eigenvalue weighted by Crippen LogP contribution is -2.00. The summed E-state index contributed by atoms with van der Waals surface area (Å²) in [7, 11) is 3.10. The minimum Gasteiger partial charge on any atom is -0.493 e. The van der Waals surface area contributed by atoms with Crippen molar-refractivity contribution < 1.29 is 19.0 Å². The lowest BCUT2D eigenvalue weighted by Gasteiger charge is -2.14. The van der Waals surface area contributed by atoms with Crippen molar-refractivity contribution in [3.63, 3.8) is 0 Å². The molecule has 0 aliphatic rings. The van der Waals surface area contributed by atoms with Gasteiger partial charge in [-0.05, 0) is 31.2 Å². The highest BCUT2D eigenvalue weighted by Gasteiger charge is 2.13. The van der Waals surface area contributed by atoms with Crippen molar-refractivity contribution in [1.82, 2.24) is 0 Å². The van der Waals surface area contributed by atoms with Gasteiger partial charge in [0.25, 0.3) is 0 Å². The van der Waals surface area contributed by atoms with Crippen LogP contribution in [0.2, 0.25) is 0 Å². The number of rotatable bonds is 5. The number of benzene rings is 2. The van der Waals surface area contributed by atoms with Crippen LogP contribution in [-0.2, 0) is 0 Å². The SMILES string of the molecule is COc1cccc(OC)c1Oc1ccc(C(C)=O)c(N)c1. The Kier molecular flexibility index (Phi) is 4.33. The molecule has 5 nitrogen and oxygen atoms in total. The number of anilines is 1. The molecular formula is C16H17NO4. The Labute approximate surface area is 123 Å². The van der Waals surface area contributed by atoms with E-state index in [2.05, 4.69) is 0 Å². The van der Waals surface area contributed by atoms with Gasteiger partial charge in [-0.3, -0.25) is 4.79 Å². The van der Waals surface area contributed by atoms with Crippen LogP contribution in [0.5, 0.6) is 23.0 Å². The molecule has 0 heterocycles. The van der Waals surface area contributed by atoms with E-state index in [1.54, 1.807) is 50.6 Å². The number of methoxy groups -OCH3 is 2. The number of Topliss-reactive ketones (excluding diaryl/α,β-unsaturated/α-hetero) is 1. The van der Waals surface area contributed by atoms with E-state index in [0.29, 0.717) is 34.2 Å². The van der Waals surface area contributed by atoms with Gasteiger partial charge in [-0.2, -0.15) is 0 Å². The lowest BCUT2D eigenvalue weighted by molar-refractivity contribution is 0.101. The molecule has 0 saturated heterocycles. The van der Waals surface area contributed by atoms with E-state index in [9.17, 15) is 4.79 Å². The molecule has 0 aliphatic carbocycles. The van der Waals surface area contributed by atoms with E-state index < -0.39 is 0 Å². The molecule has 0 fully saturated rings. The largest absolute Gasteiger partial charge is 0.493 e. The second-order valence-electron chi connectivity index (χ2n) is 4.40. The summed E-state index contributed by atoms with van der Waals surface area (Å²) in [5, 5.41) is 0. The average Bonchev–Trinajstić information content (AvgIpc) is 2.47. The predicted molar refractivity (Wildman–Crippen MR) is 80.5 cm³/mol. The van der Waals surface area contributed by atoms with Crippen LogP contribution in [0, 0.1) is 0 Å². The fourth-order valence-electron chi connectivity index (χ4n) is 1.96. The predicted octanol–water partition coefficient (Wildman–Crippen LogP) is 3.28. The van der Waals surface area contributed by atoms with Gasteiger partial charge in [0, 0.05) is 17.3 Å². The molecule has 0 bridgehead atoms. The number of para-hydroxylation sites is 1. The van der Waals surface area contributed by atoms with E-state index in [-0.39, 0.29) is 5.78 Å². The summed E-state index contributed by atoms with van der Waals surface area (Å²) in [6, 6.07) is 10.3. The molecule has 21 heavy (non-hydrogen) atoms. The van der Waals surface area contributed by atoms with Gasteiger partial charge < -0.3 is 19.9 Å². The highest BCUT2D eigenvalue weighted by molar-refractivity contribution is 5.99. The Morgan fingerprint density at radius 3 is 2.14 bits per heavy atom. The Morgan fingerprint density at radius 2 is 1.67 bits per heavy atom. The molecule has 5 heteroatoms. The van der Waals surface area contributed by atoms with Crippen LogP contribution in [0.15, 0.2) is 36.4 Å². The molecule has 0 aliphatic heterocycles. The summed E-state index contributed by atoms with van der Waals surface area (Å²) < 4.78 is 16.3. The summed E-state index contributed by atoms with van der Waals surface area (Å²) in [4.78, 5) is 11.4. The van der Waals surface area contributed by atoms with Crippen molar-refractivity contribution in [1.29, 1.82) is 0 Å². The Morgan fingerprint density at radius 1 is 1.05 bits per heavy atom. The maximum Gasteiger partial charge on any atom is 0.210 e. The highest BCUT2D eigenvalue weighted by atomic mass is 16.5. The third-order valence-electron chi connectivity index (χ3n) is 3.00. The number of hydrogen-bond donors (Lipinski definition) is 1. The first-order valence-corrected chi connectivity index (χ1v) is 6.36. The first-order valence-electron chi connectivity index (χ1n) is 6.36. The van der Waals surface area contributed by atoms with Crippen molar-refractivity contribution >= 4 is 11.5 Å². The van der Waals surface area contributed by atoms with E-state index in [1.165, 1.54) is 6.92 Å². The van der Waals surface area contributed by atoms with Gasteiger partial charge in [-0.1, -0.05) is 6.07 Å². The van der Waals surface area contributed by atoms with Crippen LogP contribution in [-0.4, -0.2) is 20.0 Å². The van der Waals surface area contributed by atoms with Gasteiger partial charge in [-0.25, -0.2) is 0 Å². The zero-order chi connectivity index (χ0) is 15.4. The van der Waals surface area contributed by atoms with Crippen LogP contribution >= 0.6 is 0 Å². The summed E-state index contributed by atoms with van der Waals surface area (Å²) in [5.41, 5.74) is 6.69. The first-order chi connectivity index (χ1) is 10.1. The van der Waals surface area contributed by atoms with Crippen LogP contribution in [0.4, 0.5) is 5.69 Å². The number of nitrogens with two attached hydrogens (primary N) is 1. The maximum atomic E-state index is 11.4. The van der Waals surface area contributed by atoms with Crippen molar-refractivity contribution in [3.05, 3.63) is 42.0 Å². The Bertz CT molecular complexity index is 645. The number of ketones is 1. The van der Waals surface area contributed by atoms with Crippen LogP contribution in [0.1, 0.15) is 17.3 Å². The molecular weight excluding hydrogens is 270 g/mol. The van der Waals surface area contributed by atoms with Crippen molar-refractivity contribution in [2.24, 2.45) is 0 Å². The quantitative estimate of drug-likeness (QED) is 0.675. The number of ether oxygens (including phenoxy) is 3. The summed E-state index contributed by atoms with van der Waals surface area (Å²) >= 11 is 0. The normalized spacial score (nSPS) is 10.0. The minimum atomic E-state index is -0.0890. The topological polar surface area (TPSA) is 70.8 Å². The molecule has 0 unspecified atom stereocenters. The molecule has 0 aromatic heterocycles. The molecule has 2 aromatic rings. The molecule has 2 rings (SSSR count). The Hall–Kier alpha value is -2.69. The van der Waals surface area contributed by atoms with Crippen LogP contribution in [0.25, 0.3) is 0 Å². The summed E-state index contributed by atoms with van der Waals surface area (Å²) in [5.74, 6) is 1.96. The van der Waals surface area contributed by atoms with Crippen LogP contribution in [0.3, 0.4) is 0 Å². The average molecular weight is 287 g/mol.